The van der Waals surface area contributed by atoms with E-state index < -0.39 is 11.6 Å². The fourth-order valence-electron chi connectivity index (χ4n) is 4.14. The maximum Gasteiger partial charge on any atom is 0.223 e. The molecule has 2 aromatic carbocycles. The van der Waals surface area contributed by atoms with E-state index in [2.05, 4.69) is 34.6 Å². The zero-order valence-corrected chi connectivity index (χ0v) is 19.5. The number of amides is 1. The highest BCUT2D eigenvalue weighted by Gasteiger charge is 2.34. The number of fused-ring (bicyclic) bond motifs is 1. The Morgan fingerprint density at radius 2 is 1.94 bits per heavy atom. The van der Waals surface area contributed by atoms with Crippen LogP contribution >= 0.6 is 11.6 Å². The SMILES string of the molecule is CC(C)[C@H]1c2ccc(OCc3c(F)ccc(Cl)c3F)cc2CCN1C(=O)CC(C)(C)C. The number of carbonyl (C=O) groups is 1. The van der Waals surface area contributed by atoms with Gasteiger partial charge >= 0.3 is 0 Å². The number of halogens is 3. The van der Waals surface area contributed by atoms with Crippen LogP contribution in [-0.4, -0.2) is 17.4 Å². The molecule has 31 heavy (non-hydrogen) atoms. The van der Waals surface area contributed by atoms with Crippen LogP contribution in [0, 0.1) is 23.0 Å². The van der Waals surface area contributed by atoms with Gasteiger partial charge in [-0.15, -0.1) is 0 Å². The molecule has 3 nitrogen and oxygen atoms in total. The van der Waals surface area contributed by atoms with Gasteiger partial charge in [0.1, 0.15) is 18.2 Å². The van der Waals surface area contributed by atoms with Crippen LogP contribution in [0.15, 0.2) is 30.3 Å². The van der Waals surface area contributed by atoms with Gasteiger partial charge < -0.3 is 9.64 Å². The Labute approximate surface area is 188 Å². The van der Waals surface area contributed by atoms with Crippen molar-refractivity contribution < 1.29 is 18.3 Å². The Morgan fingerprint density at radius 1 is 1.23 bits per heavy atom. The zero-order valence-electron chi connectivity index (χ0n) is 18.8. The molecule has 1 atom stereocenters. The minimum Gasteiger partial charge on any atom is -0.489 e. The van der Waals surface area contributed by atoms with E-state index in [1.54, 1.807) is 6.07 Å². The molecule has 0 unspecified atom stereocenters. The van der Waals surface area contributed by atoms with Crippen molar-refractivity contribution in [3.05, 3.63) is 63.7 Å². The van der Waals surface area contributed by atoms with Gasteiger partial charge in [0.25, 0.3) is 0 Å². The Bertz CT molecular complexity index is 969. The van der Waals surface area contributed by atoms with Gasteiger partial charge in [0.05, 0.1) is 16.6 Å². The molecule has 0 saturated heterocycles. The Kier molecular flexibility index (Phi) is 6.95. The van der Waals surface area contributed by atoms with Crippen LogP contribution in [0.3, 0.4) is 0 Å². The summed E-state index contributed by atoms with van der Waals surface area (Å²) < 4.78 is 33.8. The molecule has 0 N–H and O–H groups in total. The lowest BCUT2D eigenvalue weighted by atomic mass is 9.84. The predicted molar refractivity (Wildman–Crippen MR) is 119 cm³/mol. The van der Waals surface area contributed by atoms with E-state index in [1.807, 2.05) is 17.0 Å². The monoisotopic (exact) mass is 449 g/mol. The standard InChI is InChI=1S/C25H30ClF2NO2/c1-15(2)24-18-7-6-17(31-14-19-21(27)9-8-20(26)23(19)28)12-16(18)10-11-29(24)22(30)13-25(3,4)5/h6-9,12,15,24H,10-11,13-14H2,1-5H3/t24-/m0/s1. The highest BCUT2D eigenvalue weighted by molar-refractivity contribution is 6.30. The summed E-state index contributed by atoms with van der Waals surface area (Å²) in [6, 6.07) is 8.00. The Hall–Kier alpha value is -2.14. The third-order valence-corrected chi connectivity index (χ3v) is 5.84. The first-order valence-corrected chi connectivity index (χ1v) is 11.0. The van der Waals surface area contributed by atoms with Gasteiger partial charge in [0.15, 0.2) is 5.82 Å². The summed E-state index contributed by atoms with van der Waals surface area (Å²) in [6.45, 7) is 10.8. The lowest BCUT2D eigenvalue weighted by Crippen LogP contribution is -2.43. The maximum atomic E-state index is 14.1. The van der Waals surface area contributed by atoms with Crippen molar-refractivity contribution in [1.82, 2.24) is 4.90 Å². The second-order valence-corrected chi connectivity index (χ2v) is 10.1. The molecule has 3 rings (SSSR count). The smallest absolute Gasteiger partial charge is 0.223 e. The number of benzene rings is 2. The number of hydrogen-bond acceptors (Lipinski definition) is 2. The molecule has 2 aromatic rings. The molecular formula is C25H30ClF2NO2. The summed E-state index contributed by atoms with van der Waals surface area (Å²) in [4.78, 5) is 15.0. The van der Waals surface area contributed by atoms with Crippen LogP contribution in [0.25, 0.3) is 0 Å². The van der Waals surface area contributed by atoms with Gasteiger partial charge in [0.2, 0.25) is 5.91 Å². The van der Waals surface area contributed by atoms with E-state index in [0.717, 1.165) is 17.2 Å². The van der Waals surface area contributed by atoms with Crippen molar-refractivity contribution >= 4 is 17.5 Å². The Balaban J connectivity index is 1.81. The van der Waals surface area contributed by atoms with Gasteiger partial charge in [-0.05, 0) is 53.1 Å². The number of carbonyl (C=O) groups excluding carboxylic acids is 1. The van der Waals surface area contributed by atoms with Crippen LogP contribution in [0.2, 0.25) is 5.02 Å². The molecule has 0 spiro atoms. The molecule has 1 aliphatic heterocycles. The van der Waals surface area contributed by atoms with Crippen molar-refractivity contribution in [2.24, 2.45) is 11.3 Å². The number of hydrogen-bond donors (Lipinski definition) is 0. The van der Waals surface area contributed by atoms with Crippen molar-refractivity contribution in [3.8, 4) is 5.75 Å². The molecule has 168 valence electrons. The third kappa shape index (κ3) is 5.38. The lowest BCUT2D eigenvalue weighted by molar-refractivity contribution is -0.137. The molecule has 0 fully saturated rings. The lowest BCUT2D eigenvalue weighted by Gasteiger charge is -2.41. The molecule has 0 aromatic heterocycles. The average molecular weight is 450 g/mol. The molecule has 0 radical (unpaired) electrons. The number of nitrogens with zero attached hydrogens (tertiary/aromatic N) is 1. The maximum absolute atomic E-state index is 14.1. The quantitative estimate of drug-likeness (QED) is 0.474. The average Bonchev–Trinajstić information content (AvgIpc) is 2.68. The first-order valence-electron chi connectivity index (χ1n) is 10.7. The highest BCUT2D eigenvalue weighted by Crippen LogP contribution is 2.38. The summed E-state index contributed by atoms with van der Waals surface area (Å²) in [5, 5.41) is -0.134. The van der Waals surface area contributed by atoms with Gasteiger partial charge in [-0.2, -0.15) is 0 Å². The van der Waals surface area contributed by atoms with E-state index in [1.165, 1.54) is 6.07 Å². The number of rotatable bonds is 5. The minimum atomic E-state index is -0.799. The predicted octanol–water partition coefficient (Wildman–Crippen LogP) is 6.72. The van der Waals surface area contributed by atoms with Gasteiger partial charge in [-0.25, -0.2) is 8.78 Å². The Morgan fingerprint density at radius 3 is 2.58 bits per heavy atom. The summed E-state index contributed by atoms with van der Waals surface area (Å²) in [6.07, 6.45) is 1.22. The van der Waals surface area contributed by atoms with Gasteiger partial charge in [-0.1, -0.05) is 52.3 Å². The van der Waals surface area contributed by atoms with Gasteiger partial charge in [-0.3, -0.25) is 4.79 Å². The fraction of sp³-hybridized carbons (Fsp3) is 0.480. The topological polar surface area (TPSA) is 29.5 Å². The minimum absolute atomic E-state index is 0.00420. The number of ether oxygens (including phenoxy) is 1. The van der Waals surface area contributed by atoms with Crippen molar-refractivity contribution in [3.63, 3.8) is 0 Å². The van der Waals surface area contributed by atoms with Crippen LogP contribution in [0.5, 0.6) is 5.75 Å². The van der Waals surface area contributed by atoms with E-state index in [4.69, 9.17) is 16.3 Å². The molecule has 1 amide bonds. The van der Waals surface area contributed by atoms with Gasteiger partial charge in [0, 0.05) is 13.0 Å². The van der Waals surface area contributed by atoms with Crippen LogP contribution in [0.4, 0.5) is 8.78 Å². The fourth-order valence-corrected chi connectivity index (χ4v) is 4.31. The largest absolute Gasteiger partial charge is 0.489 e. The van der Waals surface area contributed by atoms with E-state index >= 15 is 0 Å². The second-order valence-electron chi connectivity index (χ2n) is 9.73. The summed E-state index contributed by atoms with van der Waals surface area (Å²) in [5.74, 6) is -0.525. The van der Waals surface area contributed by atoms with Crippen LogP contribution in [0.1, 0.15) is 63.8 Å². The molecule has 6 heteroatoms. The molecule has 0 bridgehead atoms. The molecule has 0 aliphatic carbocycles. The van der Waals surface area contributed by atoms with E-state index in [9.17, 15) is 13.6 Å². The molecular weight excluding hydrogens is 420 g/mol. The van der Waals surface area contributed by atoms with Crippen molar-refractivity contribution in [1.29, 1.82) is 0 Å². The second kappa shape index (κ2) is 9.15. The normalized spacial score (nSPS) is 16.4. The summed E-state index contributed by atoms with van der Waals surface area (Å²) in [5.41, 5.74) is 1.95. The first kappa shape index (κ1) is 23.5. The van der Waals surface area contributed by atoms with Crippen LogP contribution < -0.4 is 4.74 Å². The molecule has 1 heterocycles. The van der Waals surface area contributed by atoms with Crippen molar-refractivity contribution in [2.75, 3.05) is 6.54 Å². The first-order chi connectivity index (χ1) is 14.5. The summed E-state index contributed by atoms with van der Waals surface area (Å²) in [7, 11) is 0. The third-order valence-electron chi connectivity index (χ3n) is 5.55. The zero-order chi connectivity index (χ0) is 22.9. The van der Waals surface area contributed by atoms with E-state index in [0.29, 0.717) is 25.1 Å². The highest BCUT2D eigenvalue weighted by atomic mass is 35.5. The molecule has 1 aliphatic rings. The van der Waals surface area contributed by atoms with E-state index in [-0.39, 0.29) is 40.5 Å². The van der Waals surface area contributed by atoms with Crippen LogP contribution in [-0.2, 0) is 17.8 Å². The molecule has 0 saturated carbocycles. The summed E-state index contributed by atoms with van der Waals surface area (Å²) >= 11 is 5.76. The van der Waals surface area contributed by atoms with Crippen molar-refractivity contribution in [2.45, 2.75) is 60.1 Å².